The van der Waals surface area contributed by atoms with Crippen LogP contribution in [0.1, 0.15) is 6.92 Å². The lowest BCUT2D eigenvalue weighted by atomic mass is 10.00. The molecule has 1 N–H and O–H groups in total. The number of hydrogen-bond donors (Lipinski definition) is 1. The molecule has 0 aromatic heterocycles. The molecule has 0 atom stereocenters. The largest absolute Gasteiger partial charge is 0.287 e. The summed E-state index contributed by atoms with van der Waals surface area (Å²) >= 11 is 0. The quantitative estimate of drug-likeness (QED) is 0.290. The van der Waals surface area contributed by atoms with Gasteiger partial charge in [0.15, 0.2) is 0 Å². The van der Waals surface area contributed by atoms with Gasteiger partial charge in [-0.25, -0.2) is 4.99 Å². The summed E-state index contributed by atoms with van der Waals surface area (Å²) in [6, 6.07) is 0. The van der Waals surface area contributed by atoms with Crippen LogP contribution < -0.4 is 0 Å². The maximum Gasteiger partial charge on any atom is 0.117 e. The molecule has 0 aliphatic rings. The first-order valence-electron chi connectivity index (χ1n) is 2.16. The Labute approximate surface area is 50.2 Å². The first-order valence-corrected chi connectivity index (χ1v) is 2.16. The first-order chi connectivity index (χ1) is 3.63. The van der Waals surface area contributed by atoms with Crippen LogP contribution in [-0.2, 0) is 0 Å². The van der Waals surface area contributed by atoms with Crippen molar-refractivity contribution in [2.45, 2.75) is 6.92 Å². The Morgan fingerprint density at radius 2 is 2.38 bits per heavy atom. The Bertz CT molecular complexity index is 121. The molecule has 40 valence electrons. The lowest BCUT2D eigenvalue weighted by Crippen LogP contribution is -1.85. The molecule has 8 heavy (non-hydrogen) atoms. The maximum absolute atomic E-state index is 6.79. The van der Waals surface area contributed by atoms with Crippen LogP contribution in [0.25, 0.3) is 0 Å². The third kappa shape index (κ3) is 5.14. The molecule has 0 heterocycles. The summed E-state index contributed by atoms with van der Waals surface area (Å²) in [6.07, 6.45) is 1.35. The molecule has 0 amide bonds. The lowest BCUT2D eigenvalue weighted by Gasteiger charge is -1.82. The Hall–Kier alpha value is -0.855. The van der Waals surface area contributed by atoms with E-state index in [4.69, 9.17) is 13.3 Å². The lowest BCUT2D eigenvalue weighted by molar-refractivity contribution is 1.42. The molecule has 0 fully saturated rings. The fourth-order valence-corrected chi connectivity index (χ4v) is 0.180. The van der Waals surface area contributed by atoms with E-state index < -0.39 is 0 Å². The minimum absolute atomic E-state index is 0.233. The summed E-state index contributed by atoms with van der Waals surface area (Å²) in [4.78, 5) is 3.56. The van der Waals surface area contributed by atoms with Crippen LogP contribution in [0.15, 0.2) is 17.0 Å². The van der Waals surface area contributed by atoms with Gasteiger partial charge in [0.05, 0.1) is 0 Å². The molecule has 2 radical (unpaired) electrons. The summed E-state index contributed by atoms with van der Waals surface area (Å²) in [5.74, 6) is 0.233. The number of allylic oxidation sites excluding steroid dienone is 1. The van der Waals surface area contributed by atoms with Crippen molar-refractivity contribution in [3.63, 3.8) is 0 Å². The highest BCUT2D eigenvalue weighted by atomic mass is 14.8. The summed E-state index contributed by atoms with van der Waals surface area (Å²) in [6.45, 7) is 4.93. The molecule has 0 aliphatic carbocycles. The zero-order valence-corrected chi connectivity index (χ0v) is 4.81. The highest BCUT2D eigenvalue weighted by Gasteiger charge is 1.75. The fourth-order valence-electron chi connectivity index (χ4n) is 0.180. The van der Waals surface area contributed by atoms with Crippen LogP contribution in [0.5, 0.6) is 0 Å². The molecule has 3 heteroatoms. The van der Waals surface area contributed by atoms with Gasteiger partial charge in [-0.15, -0.1) is 6.58 Å². The number of nitrogens with zero attached hydrogens (tertiary/aromatic N) is 1. The smallest absolute Gasteiger partial charge is 0.117 e. The van der Waals surface area contributed by atoms with Gasteiger partial charge in [-0.3, -0.25) is 5.41 Å². The van der Waals surface area contributed by atoms with E-state index in [1.165, 1.54) is 6.21 Å². The van der Waals surface area contributed by atoms with Crippen molar-refractivity contribution in [2.75, 3.05) is 0 Å². The standard InChI is InChI=1S/C5H7BN2/c1-4(6)3-8-5(2)7/h3,7H,1H2,2H3. The van der Waals surface area contributed by atoms with Gasteiger partial charge in [0.1, 0.15) is 13.7 Å². The van der Waals surface area contributed by atoms with Crippen LogP contribution in [0.2, 0.25) is 0 Å². The van der Waals surface area contributed by atoms with Crippen LogP contribution >= 0.6 is 0 Å². The zero-order chi connectivity index (χ0) is 6.57. The second-order valence-corrected chi connectivity index (χ2v) is 1.42. The van der Waals surface area contributed by atoms with Gasteiger partial charge in [0, 0.05) is 6.21 Å². The highest BCUT2D eigenvalue weighted by Crippen LogP contribution is 1.75. The zero-order valence-electron chi connectivity index (χ0n) is 4.81. The maximum atomic E-state index is 6.79. The Morgan fingerprint density at radius 1 is 1.88 bits per heavy atom. The normalized spacial score (nSPS) is 9.62. The van der Waals surface area contributed by atoms with Gasteiger partial charge in [0.2, 0.25) is 0 Å². The van der Waals surface area contributed by atoms with Gasteiger partial charge in [-0.05, 0) is 6.92 Å². The molecule has 0 aromatic rings. The van der Waals surface area contributed by atoms with Gasteiger partial charge < -0.3 is 0 Å². The van der Waals surface area contributed by atoms with E-state index in [2.05, 4.69) is 11.6 Å². The van der Waals surface area contributed by atoms with E-state index in [9.17, 15) is 0 Å². The van der Waals surface area contributed by atoms with Crippen molar-refractivity contribution in [3.8, 4) is 0 Å². The van der Waals surface area contributed by atoms with Crippen LogP contribution in [-0.4, -0.2) is 19.9 Å². The second-order valence-electron chi connectivity index (χ2n) is 1.42. The predicted octanol–water partition coefficient (Wildman–Crippen LogP) is 0.737. The Balaban J connectivity index is 3.67. The molecule has 0 unspecified atom stereocenters. The molecule has 0 aromatic carbocycles. The molecule has 0 saturated heterocycles. The topological polar surface area (TPSA) is 36.2 Å². The molecule has 0 bridgehead atoms. The third-order valence-electron chi connectivity index (χ3n) is 0.424. The average molecular weight is 106 g/mol. The monoisotopic (exact) mass is 106 g/mol. The summed E-state index contributed by atoms with van der Waals surface area (Å²) in [7, 11) is 5.10. The molecule has 0 spiro atoms. The van der Waals surface area contributed by atoms with E-state index in [1.807, 2.05) is 0 Å². The van der Waals surface area contributed by atoms with Crippen molar-refractivity contribution < 1.29 is 0 Å². The fraction of sp³-hybridized carbons (Fsp3) is 0.200. The number of aliphatic imine (C=N–C) groups is 1. The molecule has 0 aliphatic heterocycles. The minimum atomic E-state index is 0.233. The van der Waals surface area contributed by atoms with E-state index >= 15 is 0 Å². The van der Waals surface area contributed by atoms with Crippen molar-refractivity contribution in [1.82, 2.24) is 0 Å². The van der Waals surface area contributed by atoms with Gasteiger partial charge in [-0.1, -0.05) is 5.47 Å². The van der Waals surface area contributed by atoms with E-state index in [0.29, 0.717) is 5.47 Å². The van der Waals surface area contributed by atoms with Crippen molar-refractivity contribution >= 4 is 19.9 Å². The summed E-state index contributed by atoms with van der Waals surface area (Å²) in [5.41, 5.74) is 0.372. The van der Waals surface area contributed by atoms with Gasteiger partial charge in [-0.2, -0.15) is 0 Å². The van der Waals surface area contributed by atoms with E-state index in [1.54, 1.807) is 6.92 Å². The molecule has 0 rings (SSSR count). The van der Waals surface area contributed by atoms with Crippen molar-refractivity contribution in [1.29, 1.82) is 5.41 Å². The highest BCUT2D eigenvalue weighted by molar-refractivity contribution is 6.33. The van der Waals surface area contributed by atoms with Crippen molar-refractivity contribution in [3.05, 3.63) is 12.1 Å². The van der Waals surface area contributed by atoms with Gasteiger partial charge in [0.25, 0.3) is 0 Å². The number of nitrogens with one attached hydrogen (secondary N) is 1. The summed E-state index contributed by atoms with van der Waals surface area (Å²) in [5, 5.41) is 6.79. The number of hydrogen-bond acceptors (Lipinski definition) is 1. The van der Waals surface area contributed by atoms with Crippen LogP contribution in [0, 0.1) is 5.41 Å². The van der Waals surface area contributed by atoms with Crippen LogP contribution in [0.3, 0.4) is 0 Å². The molecule has 2 nitrogen and oxygen atoms in total. The predicted molar refractivity (Wildman–Crippen MR) is 36.8 cm³/mol. The Kier molecular flexibility index (Phi) is 2.85. The van der Waals surface area contributed by atoms with Gasteiger partial charge >= 0.3 is 0 Å². The Morgan fingerprint density at radius 3 is 2.50 bits per heavy atom. The van der Waals surface area contributed by atoms with Crippen LogP contribution in [0.4, 0.5) is 0 Å². The third-order valence-corrected chi connectivity index (χ3v) is 0.424. The van der Waals surface area contributed by atoms with Crippen molar-refractivity contribution in [2.24, 2.45) is 4.99 Å². The molecule has 0 saturated carbocycles. The molecular formula is C5H7BN2. The summed E-state index contributed by atoms with van der Waals surface area (Å²) < 4.78 is 0. The first kappa shape index (κ1) is 7.14. The average Bonchev–Trinajstić information content (AvgIpc) is 1.61. The molecular weight excluding hydrogens is 98.9 g/mol. The van der Waals surface area contributed by atoms with E-state index in [0.717, 1.165) is 0 Å². The number of rotatable bonds is 1. The number of amidine groups is 1. The SMILES string of the molecule is [B]C(=C)C=NC(C)=N. The van der Waals surface area contributed by atoms with E-state index in [-0.39, 0.29) is 5.84 Å². The second kappa shape index (κ2) is 3.19. The minimum Gasteiger partial charge on any atom is -0.287 e.